The molecule has 4 rings (SSSR count). The van der Waals surface area contributed by atoms with Crippen LogP contribution in [0.4, 0.5) is 5.13 Å². The first kappa shape index (κ1) is 23.5. The van der Waals surface area contributed by atoms with Crippen molar-refractivity contribution in [3.05, 3.63) is 53.1 Å². The topological polar surface area (TPSA) is 45.7 Å². The zero-order valence-electron chi connectivity index (χ0n) is 18.3. The normalized spacial score (nSPS) is 14.7. The maximum Gasteiger partial charge on any atom is 0.229 e. The summed E-state index contributed by atoms with van der Waals surface area (Å²) in [4.78, 5) is 23.5. The van der Waals surface area contributed by atoms with Gasteiger partial charge in [0.25, 0.3) is 0 Å². The van der Waals surface area contributed by atoms with Crippen LogP contribution in [0.25, 0.3) is 10.2 Å². The van der Waals surface area contributed by atoms with E-state index in [-0.39, 0.29) is 5.91 Å². The second-order valence-corrected chi connectivity index (χ2v) is 10.4. The van der Waals surface area contributed by atoms with E-state index in [1.54, 1.807) is 11.8 Å². The Morgan fingerprint density at radius 3 is 2.75 bits per heavy atom. The van der Waals surface area contributed by atoms with Gasteiger partial charge in [0.1, 0.15) is 0 Å². The third kappa shape index (κ3) is 6.02. The van der Waals surface area contributed by atoms with E-state index < -0.39 is 0 Å². The summed E-state index contributed by atoms with van der Waals surface area (Å²) in [6.07, 6.45) is 1.37. The Hall–Kier alpha value is -1.64. The van der Waals surface area contributed by atoms with E-state index in [9.17, 15) is 4.79 Å². The van der Waals surface area contributed by atoms with E-state index >= 15 is 0 Å². The van der Waals surface area contributed by atoms with Crippen LogP contribution in [0.1, 0.15) is 18.4 Å². The van der Waals surface area contributed by atoms with Crippen LogP contribution < -0.4 is 4.90 Å². The van der Waals surface area contributed by atoms with Crippen molar-refractivity contribution in [2.75, 3.05) is 50.0 Å². The van der Waals surface area contributed by atoms with Gasteiger partial charge in [-0.1, -0.05) is 47.2 Å². The van der Waals surface area contributed by atoms with E-state index in [0.29, 0.717) is 18.0 Å². The molecular formula is C24H28ClN3O2S2. The van der Waals surface area contributed by atoms with Crippen molar-refractivity contribution >= 4 is 56.0 Å². The molecule has 0 spiro atoms. The first-order chi connectivity index (χ1) is 15.6. The summed E-state index contributed by atoms with van der Waals surface area (Å²) in [7, 11) is 0. The van der Waals surface area contributed by atoms with Gasteiger partial charge in [-0.2, -0.15) is 0 Å². The molecule has 0 atom stereocenters. The lowest BCUT2D eigenvalue weighted by atomic mass is 10.2. The highest BCUT2D eigenvalue weighted by atomic mass is 35.5. The lowest BCUT2D eigenvalue weighted by molar-refractivity contribution is -0.118. The van der Waals surface area contributed by atoms with Crippen molar-refractivity contribution in [2.45, 2.75) is 24.7 Å². The van der Waals surface area contributed by atoms with Crippen molar-refractivity contribution < 1.29 is 9.53 Å². The molecule has 1 amide bonds. The zero-order chi connectivity index (χ0) is 22.3. The van der Waals surface area contributed by atoms with Crippen LogP contribution in [0.5, 0.6) is 0 Å². The molecule has 5 nitrogen and oxygen atoms in total. The predicted octanol–water partition coefficient (Wildman–Crippen LogP) is 5.50. The van der Waals surface area contributed by atoms with E-state index in [4.69, 9.17) is 21.3 Å². The average Bonchev–Trinajstić information content (AvgIpc) is 3.27. The summed E-state index contributed by atoms with van der Waals surface area (Å²) in [5.74, 6) is 0.858. The SMILES string of the molecule is Cc1ccc(Cl)c2sc(N(CCCN3CCOCC3)C(=O)CCSc3ccccc3)nc12. The minimum absolute atomic E-state index is 0.114. The number of ether oxygens (including phenoxy) is 1. The Balaban J connectivity index is 1.46. The Labute approximate surface area is 202 Å². The van der Waals surface area contributed by atoms with Crippen LogP contribution in [0.3, 0.4) is 0 Å². The molecule has 0 N–H and O–H groups in total. The quantitative estimate of drug-likeness (QED) is 0.371. The summed E-state index contributed by atoms with van der Waals surface area (Å²) < 4.78 is 6.39. The Kier molecular flexibility index (Phi) is 8.43. The molecule has 8 heteroatoms. The molecule has 0 aliphatic carbocycles. The highest BCUT2D eigenvalue weighted by molar-refractivity contribution is 7.99. The summed E-state index contributed by atoms with van der Waals surface area (Å²) in [6, 6.07) is 14.1. The number of carbonyl (C=O) groups is 1. The molecule has 3 aromatic rings. The highest BCUT2D eigenvalue weighted by Gasteiger charge is 2.21. The van der Waals surface area contributed by atoms with Crippen molar-refractivity contribution in [1.29, 1.82) is 0 Å². The minimum atomic E-state index is 0.114. The number of carbonyl (C=O) groups excluding carboxylic acids is 1. The number of nitrogens with zero attached hydrogens (tertiary/aromatic N) is 3. The second kappa shape index (κ2) is 11.5. The van der Waals surface area contributed by atoms with Crippen LogP contribution in [0.15, 0.2) is 47.4 Å². The van der Waals surface area contributed by atoms with Crippen LogP contribution in [0.2, 0.25) is 5.02 Å². The lowest BCUT2D eigenvalue weighted by Crippen LogP contribution is -2.39. The van der Waals surface area contributed by atoms with Crippen LogP contribution in [-0.2, 0) is 9.53 Å². The summed E-state index contributed by atoms with van der Waals surface area (Å²) in [6.45, 7) is 7.13. The van der Waals surface area contributed by atoms with Gasteiger partial charge in [0.15, 0.2) is 5.13 Å². The fraction of sp³-hybridized carbons (Fsp3) is 0.417. The fourth-order valence-electron chi connectivity index (χ4n) is 3.72. The fourth-order valence-corrected chi connectivity index (χ4v) is 5.94. The lowest BCUT2D eigenvalue weighted by Gasteiger charge is -2.27. The number of fused-ring (bicyclic) bond motifs is 1. The van der Waals surface area contributed by atoms with Gasteiger partial charge >= 0.3 is 0 Å². The Bertz CT molecular complexity index is 999. The Morgan fingerprint density at radius 1 is 1.22 bits per heavy atom. The second-order valence-electron chi connectivity index (χ2n) is 7.80. The number of anilines is 1. The molecule has 0 bridgehead atoms. The average molecular weight is 490 g/mol. The van der Waals surface area contributed by atoms with Crippen LogP contribution in [-0.4, -0.2) is 60.9 Å². The van der Waals surface area contributed by atoms with E-state index in [1.807, 2.05) is 42.2 Å². The first-order valence-corrected chi connectivity index (χ1v) is 13.1. The number of benzene rings is 2. The van der Waals surface area contributed by atoms with Crippen molar-refractivity contribution in [3.63, 3.8) is 0 Å². The molecule has 0 radical (unpaired) electrons. The standard InChI is InChI=1S/C24H28ClN3O2S2/c1-18-8-9-20(25)23-22(18)26-24(32-23)28(12-5-11-27-13-15-30-16-14-27)21(29)10-17-31-19-6-3-2-4-7-19/h2-4,6-9H,5,10-17H2,1H3. The first-order valence-electron chi connectivity index (χ1n) is 11.0. The summed E-state index contributed by atoms with van der Waals surface area (Å²) in [5, 5.41) is 1.43. The van der Waals surface area contributed by atoms with Gasteiger partial charge in [0.05, 0.1) is 28.5 Å². The van der Waals surface area contributed by atoms with Gasteiger partial charge in [-0.15, -0.1) is 11.8 Å². The number of aromatic nitrogens is 1. The third-order valence-electron chi connectivity index (χ3n) is 5.51. The number of thioether (sulfide) groups is 1. The Morgan fingerprint density at radius 2 is 2.00 bits per heavy atom. The van der Waals surface area contributed by atoms with Crippen LogP contribution >= 0.6 is 34.7 Å². The molecule has 1 saturated heterocycles. The molecule has 0 unspecified atom stereocenters. The molecule has 2 heterocycles. The minimum Gasteiger partial charge on any atom is -0.379 e. The maximum absolute atomic E-state index is 13.3. The number of morpholine rings is 1. The number of amides is 1. The van der Waals surface area contributed by atoms with Gasteiger partial charge in [-0.05, 0) is 37.1 Å². The molecule has 170 valence electrons. The molecule has 1 aliphatic heterocycles. The van der Waals surface area contributed by atoms with Crippen molar-refractivity contribution in [3.8, 4) is 0 Å². The van der Waals surface area contributed by atoms with Gasteiger partial charge in [0, 0.05) is 43.2 Å². The molecule has 0 saturated carbocycles. The molecule has 1 fully saturated rings. The van der Waals surface area contributed by atoms with Gasteiger partial charge in [-0.3, -0.25) is 14.6 Å². The van der Waals surface area contributed by atoms with Gasteiger partial charge in [-0.25, -0.2) is 4.98 Å². The van der Waals surface area contributed by atoms with Gasteiger partial charge < -0.3 is 4.74 Å². The third-order valence-corrected chi connectivity index (χ3v) is 8.06. The predicted molar refractivity (Wildman–Crippen MR) is 135 cm³/mol. The number of hydrogen-bond acceptors (Lipinski definition) is 6. The van der Waals surface area contributed by atoms with Crippen LogP contribution in [0, 0.1) is 6.92 Å². The number of thiazole rings is 1. The monoisotopic (exact) mass is 489 g/mol. The summed E-state index contributed by atoms with van der Waals surface area (Å²) in [5.41, 5.74) is 1.97. The van der Waals surface area contributed by atoms with Crippen molar-refractivity contribution in [1.82, 2.24) is 9.88 Å². The van der Waals surface area contributed by atoms with Crippen molar-refractivity contribution in [2.24, 2.45) is 0 Å². The maximum atomic E-state index is 13.3. The molecule has 1 aromatic heterocycles. The molecule has 32 heavy (non-hydrogen) atoms. The number of hydrogen-bond donors (Lipinski definition) is 0. The summed E-state index contributed by atoms with van der Waals surface area (Å²) >= 11 is 9.65. The van der Waals surface area contributed by atoms with Gasteiger partial charge in [0.2, 0.25) is 5.91 Å². The smallest absolute Gasteiger partial charge is 0.229 e. The largest absolute Gasteiger partial charge is 0.379 e. The molecular weight excluding hydrogens is 462 g/mol. The molecule has 2 aromatic carbocycles. The number of aryl methyl sites for hydroxylation is 1. The molecule has 1 aliphatic rings. The van der Waals surface area contributed by atoms with E-state index in [0.717, 1.165) is 65.9 Å². The van der Waals surface area contributed by atoms with E-state index in [1.165, 1.54) is 16.2 Å². The highest BCUT2D eigenvalue weighted by Crippen LogP contribution is 2.36. The number of halogens is 1. The van der Waals surface area contributed by atoms with E-state index in [2.05, 4.69) is 17.0 Å². The zero-order valence-corrected chi connectivity index (χ0v) is 20.6. The number of rotatable bonds is 9.